The lowest BCUT2D eigenvalue weighted by Crippen LogP contribution is -2.44. The molecule has 5 heteroatoms. The lowest BCUT2D eigenvalue weighted by molar-refractivity contribution is -0.131. The van der Waals surface area contributed by atoms with Crippen molar-refractivity contribution in [2.24, 2.45) is 5.73 Å². The van der Waals surface area contributed by atoms with Gasteiger partial charge in [-0.1, -0.05) is 12.2 Å². The average Bonchev–Trinajstić information content (AvgIpc) is 2.38. The number of imide groups is 1. The number of hydrogen-bond donors (Lipinski definition) is 1. The lowest BCUT2D eigenvalue weighted by Gasteiger charge is -2.26. The Morgan fingerprint density at radius 2 is 2.00 bits per heavy atom. The molecule has 1 heterocycles. The number of allylic oxidation sites excluding steroid dienone is 1. The van der Waals surface area contributed by atoms with E-state index in [0.717, 1.165) is 0 Å². The molecule has 0 atom stereocenters. The van der Waals surface area contributed by atoms with E-state index in [4.69, 9.17) is 5.73 Å². The second kappa shape index (κ2) is 4.65. The van der Waals surface area contributed by atoms with Crippen LogP contribution in [0.3, 0.4) is 0 Å². The normalized spacial score (nSPS) is 20.2. The molecule has 0 aromatic rings. The van der Waals surface area contributed by atoms with Gasteiger partial charge in [0.05, 0.1) is 0 Å². The van der Waals surface area contributed by atoms with Gasteiger partial charge in [-0.15, -0.1) is 0 Å². The van der Waals surface area contributed by atoms with Crippen molar-refractivity contribution >= 4 is 11.9 Å². The molecule has 0 bridgehead atoms. The fourth-order valence-corrected chi connectivity index (χ4v) is 1.76. The van der Waals surface area contributed by atoms with Crippen molar-refractivity contribution in [2.75, 3.05) is 19.6 Å². The van der Waals surface area contributed by atoms with Gasteiger partial charge in [-0.3, -0.25) is 9.69 Å². The van der Waals surface area contributed by atoms with Crippen LogP contribution in [0, 0.1) is 0 Å². The van der Waals surface area contributed by atoms with E-state index < -0.39 is 5.54 Å². The SMILES string of the molecule is C/C=C\CN1C(=O)N(CCN)C(=O)C1(C)C. The molecule has 0 saturated carbocycles. The number of urea groups is 1. The maximum absolute atomic E-state index is 12.0. The lowest BCUT2D eigenvalue weighted by atomic mass is 10.0. The van der Waals surface area contributed by atoms with Crippen LogP contribution in [0.1, 0.15) is 20.8 Å². The summed E-state index contributed by atoms with van der Waals surface area (Å²) in [4.78, 5) is 26.7. The van der Waals surface area contributed by atoms with Gasteiger partial charge >= 0.3 is 6.03 Å². The van der Waals surface area contributed by atoms with Crippen LogP contribution in [0.25, 0.3) is 0 Å². The molecular formula is C11H19N3O2. The van der Waals surface area contributed by atoms with Crippen molar-refractivity contribution in [3.05, 3.63) is 12.2 Å². The van der Waals surface area contributed by atoms with E-state index in [1.807, 2.05) is 19.1 Å². The number of nitrogens with zero attached hydrogens (tertiary/aromatic N) is 2. The highest BCUT2D eigenvalue weighted by molar-refractivity contribution is 6.06. The Labute approximate surface area is 95.9 Å². The van der Waals surface area contributed by atoms with Crippen molar-refractivity contribution in [1.29, 1.82) is 0 Å². The third-order valence-corrected chi connectivity index (χ3v) is 2.78. The molecule has 1 aliphatic heterocycles. The fraction of sp³-hybridized carbons (Fsp3) is 0.636. The van der Waals surface area contributed by atoms with Gasteiger partial charge in [0, 0.05) is 19.6 Å². The second-order valence-corrected chi connectivity index (χ2v) is 4.27. The van der Waals surface area contributed by atoms with Crippen LogP contribution in [0.5, 0.6) is 0 Å². The first-order valence-electron chi connectivity index (χ1n) is 5.41. The van der Waals surface area contributed by atoms with Crippen molar-refractivity contribution in [1.82, 2.24) is 9.80 Å². The van der Waals surface area contributed by atoms with Gasteiger partial charge < -0.3 is 10.6 Å². The van der Waals surface area contributed by atoms with E-state index in [2.05, 4.69) is 0 Å². The van der Waals surface area contributed by atoms with Gasteiger partial charge in [-0.05, 0) is 20.8 Å². The fourth-order valence-electron chi connectivity index (χ4n) is 1.76. The maximum Gasteiger partial charge on any atom is 0.327 e. The van der Waals surface area contributed by atoms with Crippen LogP contribution >= 0.6 is 0 Å². The Balaban J connectivity index is 2.93. The molecule has 1 fully saturated rings. The van der Waals surface area contributed by atoms with Crippen molar-refractivity contribution in [3.8, 4) is 0 Å². The van der Waals surface area contributed by atoms with Crippen LogP contribution < -0.4 is 5.73 Å². The molecule has 1 aliphatic rings. The highest BCUT2D eigenvalue weighted by atomic mass is 16.2. The molecule has 1 rings (SSSR count). The molecule has 0 radical (unpaired) electrons. The van der Waals surface area contributed by atoms with E-state index in [1.54, 1.807) is 18.7 Å². The minimum absolute atomic E-state index is 0.174. The Morgan fingerprint density at radius 1 is 1.38 bits per heavy atom. The third-order valence-electron chi connectivity index (χ3n) is 2.78. The quantitative estimate of drug-likeness (QED) is 0.561. The van der Waals surface area contributed by atoms with Gasteiger partial charge in [0.1, 0.15) is 5.54 Å². The van der Waals surface area contributed by atoms with Gasteiger partial charge in [0.2, 0.25) is 0 Å². The Kier molecular flexibility index (Phi) is 3.70. The van der Waals surface area contributed by atoms with Crippen LogP contribution in [0.15, 0.2) is 12.2 Å². The molecule has 16 heavy (non-hydrogen) atoms. The summed E-state index contributed by atoms with van der Waals surface area (Å²) in [6.07, 6.45) is 3.72. The largest absolute Gasteiger partial charge is 0.329 e. The summed E-state index contributed by atoms with van der Waals surface area (Å²) in [6.45, 7) is 6.43. The summed E-state index contributed by atoms with van der Waals surface area (Å²) in [5, 5.41) is 0. The second-order valence-electron chi connectivity index (χ2n) is 4.27. The molecule has 90 valence electrons. The molecule has 0 aliphatic carbocycles. The van der Waals surface area contributed by atoms with E-state index >= 15 is 0 Å². The Morgan fingerprint density at radius 3 is 2.50 bits per heavy atom. The zero-order valence-corrected chi connectivity index (χ0v) is 10.1. The Bertz CT molecular complexity index is 323. The highest BCUT2D eigenvalue weighted by Gasteiger charge is 2.50. The summed E-state index contributed by atoms with van der Waals surface area (Å²) in [5.41, 5.74) is 4.62. The van der Waals surface area contributed by atoms with Crippen LogP contribution in [-0.2, 0) is 4.79 Å². The van der Waals surface area contributed by atoms with E-state index in [0.29, 0.717) is 13.1 Å². The minimum Gasteiger partial charge on any atom is -0.329 e. The van der Waals surface area contributed by atoms with E-state index in [1.165, 1.54) is 4.90 Å². The molecule has 1 saturated heterocycles. The summed E-state index contributed by atoms with van der Waals surface area (Å²) < 4.78 is 0. The zero-order chi connectivity index (χ0) is 12.3. The molecule has 2 N–H and O–H groups in total. The number of nitrogens with two attached hydrogens (primary N) is 1. The minimum atomic E-state index is -0.772. The zero-order valence-electron chi connectivity index (χ0n) is 10.1. The van der Waals surface area contributed by atoms with E-state index in [9.17, 15) is 9.59 Å². The van der Waals surface area contributed by atoms with Crippen molar-refractivity contribution in [3.63, 3.8) is 0 Å². The highest BCUT2D eigenvalue weighted by Crippen LogP contribution is 2.26. The smallest absolute Gasteiger partial charge is 0.327 e. The molecule has 0 aromatic carbocycles. The first-order chi connectivity index (χ1) is 7.46. The van der Waals surface area contributed by atoms with Gasteiger partial charge in [-0.25, -0.2) is 4.79 Å². The third kappa shape index (κ3) is 1.95. The standard InChI is InChI=1S/C11H19N3O2/c1-4-5-7-14-10(16)13(8-6-12)9(15)11(14,2)3/h4-5H,6-8,12H2,1-3H3/b5-4-. The predicted octanol–water partition coefficient (Wildman–Crippen LogP) is 0.564. The topological polar surface area (TPSA) is 66.6 Å². The first-order valence-corrected chi connectivity index (χ1v) is 5.41. The van der Waals surface area contributed by atoms with Crippen LogP contribution in [0.2, 0.25) is 0 Å². The van der Waals surface area contributed by atoms with Gasteiger partial charge in [0.15, 0.2) is 0 Å². The number of rotatable bonds is 4. The van der Waals surface area contributed by atoms with Crippen LogP contribution in [-0.4, -0.2) is 46.9 Å². The van der Waals surface area contributed by atoms with Crippen molar-refractivity contribution in [2.45, 2.75) is 26.3 Å². The number of amides is 3. The Hall–Kier alpha value is -1.36. The summed E-state index contributed by atoms with van der Waals surface area (Å²) in [7, 11) is 0. The monoisotopic (exact) mass is 225 g/mol. The van der Waals surface area contributed by atoms with Crippen molar-refractivity contribution < 1.29 is 9.59 Å². The molecule has 0 spiro atoms. The number of carbonyl (C=O) groups excluding carboxylic acids is 2. The molecule has 3 amide bonds. The predicted molar refractivity (Wildman–Crippen MR) is 61.8 cm³/mol. The van der Waals surface area contributed by atoms with Gasteiger partial charge in [-0.2, -0.15) is 0 Å². The maximum atomic E-state index is 12.0. The summed E-state index contributed by atoms with van der Waals surface area (Å²) >= 11 is 0. The molecule has 0 unspecified atom stereocenters. The summed E-state index contributed by atoms with van der Waals surface area (Å²) in [5.74, 6) is -0.174. The number of carbonyl (C=O) groups is 2. The molecular weight excluding hydrogens is 206 g/mol. The number of hydrogen-bond acceptors (Lipinski definition) is 3. The summed E-state index contributed by atoms with van der Waals surface area (Å²) in [6, 6.07) is -0.251. The average molecular weight is 225 g/mol. The molecule has 5 nitrogen and oxygen atoms in total. The van der Waals surface area contributed by atoms with E-state index in [-0.39, 0.29) is 18.5 Å². The van der Waals surface area contributed by atoms with Crippen LogP contribution in [0.4, 0.5) is 4.79 Å². The first kappa shape index (κ1) is 12.7. The molecule has 0 aromatic heterocycles. The van der Waals surface area contributed by atoms with Gasteiger partial charge in [0.25, 0.3) is 5.91 Å².